The van der Waals surface area contributed by atoms with Crippen LogP contribution in [0.5, 0.6) is 0 Å². The molecule has 19 heavy (non-hydrogen) atoms. The van der Waals surface area contributed by atoms with Crippen molar-refractivity contribution in [2.75, 3.05) is 18.1 Å². The number of hydrogen-bond acceptors (Lipinski definition) is 4. The topological polar surface area (TPSA) is 80.5 Å². The molecule has 1 saturated heterocycles. The fourth-order valence-corrected chi connectivity index (χ4v) is 4.74. The fourth-order valence-electron chi connectivity index (χ4n) is 3.18. The molecule has 1 saturated carbocycles. The second-order valence-corrected chi connectivity index (χ2v) is 8.13. The molecule has 6 heteroatoms. The number of carbonyl (C=O) groups is 1. The average Bonchev–Trinajstić information content (AvgIpc) is 2.52. The van der Waals surface area contributed by atoms with Gasteiger partial charge in [-0.05, 0) is 19.8 Å². The van der Waals surface area contributed by atoms with Gasteiger partial charge >= 0.3 is 0 Å². The summed E-state index contributed by atoms with van der Waals surface area (Å²) in [6.07, 6.45) is 5.02. The highest BCUT2D eigenvalue weighted by Gasteiger charge is 2.36. The Bertz CT molecular complexity index is 435. The van der Waals surface area contributed by atoms with Gasteiger partial charge in [-0.1, -0.05) is 19.3 Å². The first-order valence-electron chi connectivity index (χ1n) is 7.17. The van der Waals surface area contributed by atoms with Gasteiger partial charge in [0, 0.05) is 18.6 Å². The van der Waals surface area contributed by atoms with Crippen LogP contribution in [0, 0.1) is 5.92 Å². The summed E-state index contributed by atoms with van der Waals surface area (Å²) in [5.74, 6) is 0.119. The lowest BCUT2D eigenvalue weighted by molar-refractivity contribution is -0.138. The zero-order valence-electron chi connectivity index (χ0n) is 11.5. The van der Waals surface area contributed by atoms with Gasteiger partial charge in [0.15, 0.2) is 9.84 Å². The Hall–Kier alpha value is -0.620. The van der Waals surface area contributed by atoms with Gasteiger partial charge in [-0.25, -0.2) is 8.42 Å². The van der Waals surface area contributed by atoms with Crippen LogP contribution in [0.4, 0.5) is 0 Å². The normalized spacial score (nSPS) is 35.7. The van der Waals surface area contributed by atoms with Crippen LogP contribution >= 0.6 is 0 Å². The highest BCUT2D eigenvalue weighted by Crippen LogP contribution is 2.26. The lowest BCUT2D eigenvalue weighted by atomic mass is 9.93. The first-order chi connectivity index (χ1) is 8.91. The van der Waals surface area contributed by atoms with Crippen LogP contribution in [0.1, 0.15) is 39.0 Å². The molecule has 0 radical (unpaired) electrons. The molecule has 0 spiro atoms. The standard InChI is InChI=1S/C13H24N2O3S/c1-10-9-19(17,18)8-7-15(10)13(16)11-5-3-2-4-6-12(11)14/h10-12H,2-9,14H2,1H3. The molecule has 2 N–H and O–H groups in total. The van der Waals surface area contributed by atoms with Crippen molar-refractivity contribution in [2.45, 2.75) is 51.1 Å². The first kappa shape index (κ1) is 14.8. The molecule has 1 aliphatic carbocycles. The molecule has 1 heterocycles. The van der Waals surface area contributed by atoms with Crippen molar-refractivity contribution in [1.29, 1.82) is 0 Å². The molecule has 0 bridgehead atoms. The molecule has 3 atom stereocenters. The van der Waals surface area contributed by atoms with Crippen LogP contribution < -0.4 is 5.73 Å². The largest absolute Gasteiger partial charge is 0.338 e. The van der Waals surface area contributed by atoms with E-state index in [0.29, 0.717) is 6.54 Å². The van der Waals surface area contributed by atoms with Gasteiger partial charge in [-0.2, -0.15) is 0 Å². The number of rotatable bonds is 1. The summed E-state index contributed by atoms with van der Waals surface area (Å²) in [7, 11) is -2.97. The Morgan fingerprint density at radius 1 is 1.21 bits per heavy atom. The monoisotopic (exact) mass is 288 g/mol. The molecule has 0 aromatic carbocycles. The van der Waals surface area contributed by atoms with E-state index >= 15 is 0 Å². The van der Waals surface area contributed by atoms with Gasteiger partial charge in [0.05, 0.1) is 17.4 Å². The third-order valence-corrected chi connectivity index (χ3v) is 6.13. The number of nitrogens with zero attached hydrogens (tertiary/aromatic N) is 1. The maximum Gasteiger partial charge on any atom is 0.227 e. The lowest BCUT2D eigenvalue weighted by Gasteiger charge is -2.36. The molecule has 3 unspecified atom stereocenters. The fraction of sp³-hybridized carbons (Fsp3) is 0.923. The Labute approximate surface area is 115 Å². The van der Waals surface area contributed by atoms with Crippen molar-refractivity contribution < 1.29 is 13.2 Å². The van der Waals surface area contributed by atoms with E-state index in [0.717, 1.165) is 32.1 Å². The van der Waals surface area contributed by atoms with Crippen molar-refractivity contribution in [3.05, 3.63) is 0 Å². The number of amides is 1. The second kappa shape index (κ2) is 5.79. The molecule has 2 rings (SSSR count). The van der Waals surface area contributed by atoms with E-state index in [1.54, 1.807) is 4.90 Å². The number of sulfone groups is 1. The molecular formula is C13H24N2O3S. The summed E-state index contributed by atoms with van der Waals surface area (Å²) in [6, 6.07) is -0.289. The number of carbonyl (C=O) groups excluding carboxylic acids is 1. The Balaban J connectivity index is 2.06. The smallest absolute Gasteiger partial charge is 0.227 e. The van der Waals surface area contributed by atoms with Gasteiger partial charge in [-0.15, -0.1) is 0 Å². The molecular weight excluding hydrogens is 264 g/mol. The third kappa shape index (κ3) is 3.48. The SMILES string of the molecule is CC1CS(=O)(=O)CCN1C(=O)C1CCCCCC1N. The van der Waals surface area contributed by atoms with Crippen LogP contribution in [0.25, 0.3) is 0 Å². The molecule has 2 aliphatic rings. The Kier molecular flexibility index (Phi) is 4.50. The van der Waals surface area contributed by atoms with E-state index in [1.165, 1.54) is 0 Å². The number of hydrogen-bond donors (Lipinski definition) is 1. The maximum absolute atomic E-state index is 12.6. The molecule has 5 nitrogen and oxygen atoms in total. The third-order valence-electron chi connectivity index (χ3n) is 4.34. The molecule has 0 aromatic rings. The van der Waals surface area contributed by atoms with E-state index < -0.39 is 9.84 Å². The summed E-state index contributed by atoms with van der Waals surface area (Å²) < 4.78 is 23.1. The molecule has 110 valence electrons. The van der Waals surface area contributed by atoms with Crippen LogP contribution in [-0.4, -0.2) is 49.4 Å². The van der Waals surface area contributed by atoms with Gasteiger partial charge in [0.25, 0.3) is 0 Å². The molecule has 1 amide bonds. The minimum absolute atomic E-state index is 0.0665. The van der Waals surface area contributed by atoms with Gasteiger partial charge in [-0.3, -0.25) is 4.79 Å². The predicted octanol–water partition coefficient (Wildman–Crippen LogP) is 0.539. The Morgan fingerprint density at radius 2 is 1.89 bits per heavy atom. The van der Waals surface area contributed by atoms with Crippen molar-refractivity contribution in [1.82, 2.24) is 4.90 Å². The van der Waals surface area contributed by atoms with E-state index in [1.807, 2.05) is 6.92 Å². The molecule has 0 aromatic heterocycles. The Morgan fingerprint density at radius 3 is 2.58 bits per heavy atom. The summed E-state index contributed by atoms with van der Waals surface area (Å²) in [5.41, 5.74) is 6.12. The number of nitrogens with two attached hydrogens (primary N) is 1. The highest BCUT2D eigenvalue weighted by atomic mass is 32.2. The average molecular weight is 288 g/mol. The summed E-state index contributed by atoms with van der Waals surface area (Å²) in [6.45, 7) is 2.14. The van der Waals surface area contributed by atoms with Crippen LogP contribution in [-0.2, 0) is 14.6 Å². The van der Waals surface area contributed by atoms with Gasteiger partial charge in [0.2, 0.25) is 5.91 Å². The van der Waals surface area contributed by atoms with Gasteiger partial charge in [0.1, 0.15) is 0 Å². The highest BCUT2D eigenvalue weighted by molar-refractivity contribution is 7.91. The zero-order chi connectivity index (χ0) is 14.0. The van der Waals surface area contributed by atoms with Crippen molar-refractivity contribution in [3.63, 3.8) is 0 Å². The van der Waals surface area contributed by atoms with Crippen molar-refractivity contribution in [3.8, 4) is 0 Å². The molecule has 1 aliphatic heterocycles. The van der Waals surface area contributed by atoms with E-state index in [9.17, 15) is 13.2 Å². The lowest BCUT2D eigenvalue weighted by Crippen LogP contribution is -2.53. The van der Waals surface area contributed by atoms with Crippen LogP contribution in [0.2, 0.25) is 0 Å². The van der Waals surface area contributed by atoms with Crippen LogP contribution in [0.15, 0.2) is 0 Å². The summed E-state index contributed by atoms with van der Waals surface area (Å²) >= 11 is 0. The summed E-state index contributed by atoms with van der Waals surface area (Å²) in [4.78, 5) is 14.3. The minimum atomic E-state index is -2.97. The van der Waals surface area contributed by atoms with E-state index in [4.69, 9.17) is 5.73 Å². The quantitative estimate of drug-likeness (QED) is 0.714. The first-order valence-corrected chi connectivity index (χ1v) is 8.99. The zero-order valence-corrected chi connectivity index (χ0v) is 12.4. The second-order valence-electron chi connectivity index (χ2n) is 5.90. The van der Waals surface area contributed by atoms with Gasteiger partial charge < -0.3 is 10.6 Å². The van der Waals surface area contributed by atoms with E-state index in [-0.39, 0.29) is 35.4 Å². The van der Waals surface area contributed by atoms with Crippen molar-refractivity contribution >= 4 is 15.7 Å². The minimum Gasteiger partial charge on any atom is -0.338 e. The maximum atomic E-state index is 12.6. The summed E-state index contributed by atoms with van der Waals surface area (Å²) in [5, 5.41) is 0. The molecule has 2 fully saturated rings. The van der Waals surface area contributed by atoms with Crippen LogP contribution in [0.3, 0.4) is 0 Å². The van der Waals surface area contributed by atoms with E-state index in [2.05, 4.69) is 0 Å². The predicted molar refractivity (Wildman–Crippen MR) is 74.4 cm³/mol. The van der Waals surface area contributed by atoms with Crippen molar-refractivity contribution in [2.24, 2.45) is 11.7 Å².